The van der Waals surface area contributed by atoms with E-state index < -0.39 is 28.5 Å². The van der Waals surface area contributed by atoms with Crippen molar-refractivity contribution < 1.29 is 22.7 Å². The topological polar surface area (TPSA) is 96.0 Å². The Kier molecular flexibility index (Phi) is 11.3. The zero-order valence-electron chi connectivity index (χ0n) is 24.5. The summed E-state index contributed by atoms with van der Waals surface area (Å²) >= 11 is 0. The number of benzene rings is 3. The van der Waals surface area contributed by atoms with Crippen molar-refractivity contribution >= 4 is 27.5 Å². The Labute approximate surface area is 244 Å². The molecule has 1 atom stereocenters. The fourth-order valence-corrected chi connectivity index (χ4v) is 5.15. The van der Waals surface area contributed by atoms with Gasteiger partial charge in [-0.1, -0.05) is 80.9 Å². The van der Waals surface area contributed by atoms with Crippen LogP contribution in [0.1, 0.15) is 43.9 Å². The molecule has 0 radical (unpaired) electrons. The Bertz CT molecular complexity index is 1380. The minimum absolute atomic E-state index is 0.177. The minimum atomic E-state index is -3.82. The predicted octanol–water partition coefficient (Wildman–Crippen LogP) is 4.92. The van der Waals surface area contributed by atoms with Gasteiger partial charge in [-0.15, -0.1) is 0 Å². The molecule has 41 heavy (non-hydrogen) atoms. The van der Waals surface area contributed by atoms with E-state index in [1.807, 2.05) is 82.3 Å². The molecule has 3 rings (SSSR count). The first-order chi connectivity index (χ1) is 19.5. The lowest BCUT2D eigenvalue weighted by molar-refractivity contribution is -0.140. The van der Waals surface area contributed by atoms with Gasteiger partial charge in [-0.3, -0.25) is 13.9 Å². The highest BCUT2D eigenvalue weighted by molar-refractivity contribution is 7.92. The van der Waals surface area contributed by atoms with Gasteiger partial charge in [0.25, 0.3) is 0 Å². The molecule has 0 aliphatic heterocycles. The van der Waals surface area contributed by atoms with Crippen LogP contribution in [0.2, 0.25) is 0 Å². The molecule has 8 nitrogen and oxygen atoms in total. The number of anilines is 1. The molecule has 220 valence electrons. The van der Waals surface area contributed by atoms with Crippen LogP contribution in [-0.2, 0) is 32.8 Å². The summed E-state index contributed by atoms with van der Waals surface area (Å²) in [6.07, 6.45) is 1.45. The quantitative estimate of drug-likeness (QED) is 0.293. The molecule has 0 bridgehead atoms. The van der Waals surface area contributed by atoms with Gasteiger partial charge in [0.2, 0.25) is 21.8 Å². The number of hydrogen-bond donors (Lipinski definition) is 1. The van der Waals surface area contributed by atoms with Gasteiger partial charge in [0.15, 0.2) is 0 Å². The number of carbonyl (C=O) groups excluding carboxylic acids is 2. The first kappa shape index (κ1) is 31.7. The standard InChI is InChI=1S/C32H41N3O5S/c1-6-30(32(37)33-20-24(2)3)34(21-26-14-12-25(4)13-15-26)31(36)22-35(41(5,38)39)28-16-18-29(19-17-28)40-23-27-10-8-7-9-11-27/h7-19,24,30H,6,20-23H2,1-5H3,(H,33,37). The summed E-state index contributed by atoms with van der Waals surface area (Å²) in [5.74, 6) is 0.101. The lowest BCUT2D eigenvalue weighted by Gasteiger charge is -2.33. The average molecular weight is 580 g/mol. The summed E-state index contributed by atoms with van der Waals surface area (Å²) < 4.78 is 32.7. The number of rotatable bonds is 14. The van der Waals surface area contributed by atoms with Crippen LogP contribution in [0.25, 0.3) is 0 Å². The number of ether oxygens (including phenoxy) is 1. The van der Waals surface area contributed by atoms with E-state index in [4.69, 9.17) is 4.74 Å². The summed E-state index contributed by atoms with van der Waals surface area (Å²) in [5, 5.41) is 2.93. The number of carbonyl (C=O) groups is 2. The first-order valence-corrected chi connectivity index (χ1v) is 15.7. The molecule has 0 spiro atoms. The van der Waals surface area contributed by atoms with Crippen LogP contribution < -0.4 is 14.4 Å². The van der Waals surface area contributed by atoms with Crippen LogP contribution in [0, 0.1) is 12.8 Å². The van der Waals surface area contributed by atoms with Crippen LogP contribution in [0.4, 0.5) is 5.69 Å². The summed E-state index contributed by atoms with van der Waals surface area (Å²) in [6, 6.07) is 23.3. The summed E-state index contributed by atoms with van der Waals surface area (Å²) in [7, 11) is -3.82. The molecule has 0 heterocycles. The number of aryl methyl sites for hydroxylation is 1. The molecule has 2 amide bonds. The highest BCUT2D eigenvalue weighted by Crippen LogP contribution is 2.23. The fraction of sp³-hybridized carbons (Fsp3) is 0.375. The van der Waals surface area contributed by atoms with Gasteiger partial charge < -0.3 is 15.0 Å². The lowest BCUT2D eigenvalue weighted by Crippen LogP contribution is -2.52. The molecule has 0 fully saturated rings. The van der Waals surface area contributed by atoms with Crippen LogP contribution in [-0.4, -0.2) is 50.5 Å². The smallest absolute Gasteiger partial charge is 0.244 e. The summed E-state index contributed by atoms with van der Waals surface area (Å²) in [6.45, 7) is 8.41. The maximum absolute atomic E-state index is 13.8. The van der Waals surface area contributed by atoms with Crippen molar-refractivity contribution in [1.29, 1.82) is 0 Å². The molecule has 0 saturated heterocycles. The number of nitrogens with one attached hydrogen (secondary N) is 1. The van der Waals surface area contributed by atoms with Gasteiger partial charge in [0.1, 0.15) is 24.9 Å². The molecule has 3 aromatic rings. The van der Waals surface area contributed by atoms with Gasteiger partial charge in [0.05, 0.1) is 11.9 Å². The second-order valence-electron chi connectivity index (χ2n) is 10.6. The molecular weight excluding hydrogens is 538 g/mol. The van der Waals surface area contributed by atoms with Crippen molar-refractivity contribution in [3.63, 3.8) is 0 Å². The number of amides is 2. The predicted molar refractivity (Wildman–Crippen MR) is 163 cm³/mol. The third-order valence-corrected chi connectivity index (χ3v) is 7.74. The minimum Gasteiger partial charge on any atom is -0.489 e. The van der Waals surface area contributed by atoms with E-state index in [0.29, 0.717) is 31.0 Å². The van der Waals surface area contributed by atoms with Crippen molar-refractivity contribution in [3.05, 3.63) is 95.6 Å². The van der Waals surface area contributed by atoms with E-state index in [1.165, 1.54) is 4.90 Å². The van der Waals surface area contributed by atoms with Gasteiger partial charge in [0, 0.05) is 13.1 Å². The van der Waals surface area contributed by atoms with Crippen molar-refractivity contribution in [3.8, 4) is 5.75 Å². The monoisotopic (exact) mass is 579 g/mol. The Balaban J connectivity index is 1.84. The Morgan fingerprint density at radius 2 is 1.54 bits per heavy atom. The number of sulfonamides is 1. The molecule has 0 aliphatic carbocycles. The Morgan fingerprint density at radius 1 is 0.902 bits per heavy atom. The van der Waals surface area contributed by atoms with E-state index in [1.54, 1.807) is 24.3 Å². The van der Waals surface area contributed by atoms with Crippen LogP contribution in [0.5, 0.6) is 5.75 Å². The van der Waals surface area contributed by atoms with Crippen molar-refractivity contribution in [2.45, 2.75) is 53.3 Å². The molecule has 9 heteroatoms. The van der Waals surface area contributed by atoms with Gasteiger partial charge in [-0.25, -0.2) is 8.42 Å². The second-order valence-corrected chi connectivity index (χ2v) is 12.5. The van der Waals surface area contributed by atoms with E-state index >= 15 is 0 Å². The van der Waals surface area contributed by atoms with Crippen molar-refractivity contribution in [2.75, 3.05) is 23.7 Å². The normalized spacial score (nSPS) is 12.0. The molecule has 1 unspecified atom stereocenters. The first-order valence-electron chi connectivity index (χ1n) is 13.8. The zero-order chi connectivity index (χ0) is 30.0. The van der Waals surface area contributed by atoms with Gasteiger partial charge in [-0.05, 0) is 54.7 Å². The number of nitrogens with zero attached hydrogens (tertiary/aromatic N) is 2. The third kappa shape index (κ3) is 9.63. The van der Waals surface area contributed by atoms with Gasteiger partial charge >= 0.3 is 0 Å². The molecule has 0 aliphatic rings. The van der Waals surface area contributed by atoms with E-state index in [0.717, 1.165) is 27.3 Å². The van der Waals surface area contributed by atoms with Crippen LogP contribution in [0.3, 0.4) is 0 Å². The largest absolute Gasteiger partial charge is 0.489 e. The second kappa shape index (κ2) is 14.7. The van der Waals surface area contributed by atoms with E-state index in [-0.39, 0.29) is 18.4 Å². The maximum Gasteiger partial charge on any atom is 0.244 e. The van der Waals surface area contributed by atoms with E-state index in [2.05, 4.69) is 5.32 Å². The molecule has 3 aromatic carbocycles. The Morgan fingerprint density at radius 3 is 2.10 bits per heavy atom. The van der Waals surface area contributed by atoms with E-state index in [9.17, 15) is 18.0 Å². The summed E-state index contributed by atoms with van der Waals surface area (Å²) in [5.41, 5.74) is 3.27. The van der Waals surface area contributed by atoms with Crippen LogP contribution >= 0.6 is 0 Å². The van der Waals surface area contributed by atoms with Crippen LogP contribution in [0.15, 0.2) is 78.9 Å². The Hall–Kier alpha value is -3.85. The average Bonchev–Trinajstić information content (AvgIpc) is 2.94. The third-order valence-electron chi connectivity index (χ3n) is 6.60. The summed E-state index contributed by atoms with van der Waals surface area (Å²) in [4.78, 5) is 28.5. The zero-order valence-corrected chi connectivity index (χ0v) is 25.4. The van der Waals surface area contributed by atoms with Gasteiger partial charge in [-0.2, -0.15) is 0 Å². The van der Waals surface area contributed by atoms with Crippen molar-refractivity contribution in [2.24, 2.45) is 5.92 Å². The number of hydrogen-bond acceptors (Lipinski definition) is 5. The lowest BCUT2D eigenvalue weighted by atomic mass is 10.1. The molecule has 0 saturated carbocycles. The molecule has 1 N–H and O–H groups in total. The molecule has 0 aromatic heterocycles. The molecular formula is C32H41N3O5S. The highest BCUT2D eigenvalue weighted by atomic mass is 32.2. The fourth-order valence-electron chi connectivity index (χ4n) is 4.30. The maximum atomic E-state index is 13.8. The highest BCUT2D eigenvalue weighted by Gasteiger charge is 2.31. The SMILES string of the molecule is CCC(C(=O)NCC(C)C)N(Cc1ccc(C)cc1)C(=O)CN(c1ccc(OCc2ccccc2)cc1)S(C)(=O)=O. The van der Waals surface area contributed by atoms with Crippen molar-refractivity contribution in [1.82, 2.24) is 10.2 Å².